The molecule has 0 saturated heterocycles. The van der Waals surface area contributed by atoms with Crippen LogP contribution in [0.3, 0.4) is 0 Å². The van der Waals surface area contributed by atoms with Crippen LogP contribution in [0.25, 0.3) is 0 Å². The first kappa shape index (κ1) is 12.0. The van der Waals surface area contributed by atoms with E-state index < -0.39 is 11.6 Å². The number of carboxylic acid groups (broad SMARTS) is 1. The molecule has 1 heterocycles. The Balaban J connectivity index is 3.43. The average Bonchev–Trinajstić information content (AvgIpc) is 2.14. The van der Waals surface area contributed by atoms with Crippen LogP contribution in [-0.2, 0) is 11.2 Å². The Kier molecular flexibility index (Phi) is 3.44. The lowest BCUT2D eigenvalue weighted by Crippen LogP contribution is -2.13. The summed E-state index contributed by atoms with van der Waals surface area (Å²) in [5, 5.41) is 8.93. The summed E-state index contributed by atoms with van der Waals surface area (Å²) in [6.45, 7) is 1.27. The minimum Gasteiger partial charge on any atom is -0.495 e. The fraction of sp³-hybridized carbons (Fsp3) is 0.300. The molecule has 6 heteroatoms. The number of ether oxygens (including phenoxy) is 1. The van der Waals surface area contributed by atoms with E-state index in [1.807, 2.05) is 0 Å². The Labute approximate surface area is 90.5 Å². The van der Waals surface area contributed by atoms with E-state index >= 15 is 0 Å². The Morgan fingerprint density at radius 3 is 2.56 bits per heavy atom. The molecule has 6 nitrogen and oxygen atoms in total. The predicted molar refractivity (Wildman–Crippen MR) is 52.9 cm³/mol. The maximum Gasteiger partial charge on any atom is 0.343 e. The summed E-state index contributed by atoms with van der Waals surface area (Å²) in [4.78, 5) is 32.9. The molecule has 0 aromatic carbocycles. The van der Waals surface area contributed by atoms with Gasteiger partial charge in [-0.3, -0.25) is 4.79 Å². The smallest absolute Gasteiger partial charge is 0.343 e. The molecule has 0 aliphatic rings. The molecule has 0 radical (unpaired) electrons. The predicted octanol–water partition coefficient (Wildman–Crippen LogP) is 0.478. The lowest BCUT2D eigenvalue weighted by molar-refractivity contribution is -0.116. The van der Waals surface area contributed by atoms with E-state index in [4.69, 9.17) is 9.84 Å². The molecule has 1 aromatic rings. The van der Waals surface area contributed by atoms with Gasteiger partial charge in [-0.25, -0.2) is 9.59 Å². The Hall–Kier alpha value is -2.11. The molecule has 0 aliphatic carbocycles. The van der Waals surface area contributed by atoms with Crippen molar-refractivity contribution in [3.05, 3.63) is 27.8 Å². The van der Waals surface area contributed by atoms with E-state index in [-0.39, 0.29) is 29.3 Å². The minimum absolute atomic E-state index is 0.111. The molecule has 1 aromatic heterocycles. The summed E-state index contributed by atoms with van der Waals surface area (Å²) >= 11 is 0. The van der Waals surface area contributed by atoms with Gasteiger partial charge in [0.15, 0.2) is 0 Å². The van der Waals surface area contributed by atoms with E-state index in [9.17, 15) is 14.4 Å². The van der Waals surface area contributed by atoms with Crippen molar-refractivity contribution in [1.29, 1.82) is 0 Å². The second-order valence-corrected chi connectivity index (χ2v) is 3.12. The normalized spacial score (nSPS) is 9.88. The van der Waals surface area contributed by atoms with E-state index in [1.54, 1.807) is 0 Å². The SMILES string of the molecule is COc1cc(=O)oc(CC(C)=O)c1C(=O)O. The van der Waals surface area contributed by atoms with E-state index in [2.05, 4.69) is 4.42 Å². The highest BCUT2D eigenvalue weighted by atomic mass is 16.5. The van der Waals surface area contributed by atoms with Crippen LogP contribution >= 0.6 is 0 Å². The van der Waals surface area contributed by atoms with Crippen molar-refractivity contribution < 1.29 is 23.8 Å². The van der Waals surface area contributed by atoms with Crippen molar-refractivity contribution in [2.75, 3.05) is 7.11 Å². The average molecular weight is 226 g/mol. The molecule has 86 valence electrons. The van der Waals surface area contributed by atoms with Crippen molar-refractivity contribution in [2.24, 2.45) is 0 Å². The van der Waals surface area contributed by atoms with E-state index in [0.717, 1.165) is 6.07 Å². The quantitative estimate of drug-likeness (QED) is 0.802. The van der Waals surface area contributed by atoms with Gasteiger partial charge in [0, 0.05) is 0 Å². The molecule has 0 fully saturated rings. The number of carbonyl (C=O) groups excluding carboxylic acids is 1. The van der Waals surface area contributed by atoms with Gasteiger partial charge in [0.25, 0.3) is 0 Å². The highest BCUT2D eigenvalue weighted by Crippen LogP contribution is 2.20. The van der Waals surface area contributed by atoms with E-state index in [0.29, 0.717) is 0 Å². The molecule has 0 aliphatic heterocycles. The zero-order chi connectivity index (χ0) is 12.3. The van der Waals surface area contributed by atoms with Crippen LogP contribution in [0.4, 0.5) is 0 Å². The number of ketones is 1. The molecule has 1 rings (SSSR count). The number of carbonyl (C=O) groups is 2. The van der Waals surface area contributed by atoms with Crippen molar-refractivity contribution in [1.82, 2.24) is 0 Å². The fourth-order valence-corrected chi connectivity index (χ4v) is 1.25. The summed E-state index contributed by atoms with van der Waals surface area (Å²) in [5.74, 6) is -1.92. The van der Waals surface area contributed by atoms with Crippen LogP contribution in [0.15, 0.2) is 15.3 Å². The first-order valence-electron chi connectivity index (χ1n) is 4.39. The molecule has 0 atom stereocenters. The van der Waals surface area contributed by atoms with Gasteiger partial charge >= 0.3 is 11.6 Å². The zero-order valence-electron chi connectivity index (χ0n) is 8.77. The molecule has 0 bridgehead atoms. The molecule has 0 unspecified atom stereocenters. The van der Waals surface area contributed by atoms with Crippen molar-refractivity contribution in [3.63, 3.8) is 0 Å². The number of carboxylic acids is 1. The largest absolute Gasteiger partial charge is 0.495 e. The third-order valence-corrected chi connectivity index (χ3v) is 1.84. The molecular formula is C10H10O6. The Bertz CT molecular complexity index is 485. The molecule has 0 spiro atoms. The molecule has 1 N–H and O–H groups in total. The van der Waals surface area contributed by atoms with Gasteiger partial charge in [0.2, 0.25) is 0 Å². The van der Waals surface area contributed by atoms with Crippen LogP contribution in [0.5, 0.6) is 5.75 Å². The second kappa shape index (κ2) is 4.61. The third-order valence-electron chi connectivity index (χ3n) is 1.84. The molecule has 0 saturated carbocycles. The maximum atomic E-state index is 11.1. The summed E-state index contributed by atoms with van der Waals surface area (Å²) in [6, 6.07) is 0.924. The maximum absolute atomic E-state index is 11.1. The van der Waals surface area contributed by atoms with Gasteiger partial charge < -0.3 is 14.3 Å². The van der Waals surface area contributed by atoms with Crippen LogP contribution in [0, 0.1) is 0 Å². The van der Waals surface area contributed by atoms with Crippen molar-refractivity contribution >= 4 is 11.8 Å². The highest BCUT2D eigenvalue weighted by Gasteiger charge is 2.21. The number of rotatable bonds is 4. The lowest BCUT2D eigenvalue weighted by Gasteiger charge is -2.07. The monoisotopic (exact) mass is 226 g/mol. The Morgan fingerprint density at radius 2 is 2.12 bits per heavy atom. The number of Topliss-reactive ketones (excluding diaryl/α,β-unsaturated/α-hetero) is 1. The summed E-state index contributed by atoms with van der Waals surface area (Å²) in [6.07, 6.45) is -0.256. The Morgan fingerprint density at radius 1 is 1.50 bits per heavy atom. The van der Waals surface area contributed by atoms with Gasteiger partial charge in [0.1, 0.15) is 22.9 Å². The summed E-state index contributed by atoms with van der Waals surface area (Å²) in [7, 11) is 1.23. The number of hydrogen-bond donors (Lipinski definition) is 1. The molecule has 0 amide bonds. The standard InChI is InChI=1S/C10H10O6/c1-5(11)3-7-9(10(13)14)6(15-2)4-8(12)16-7/h4H,3H2,1-2H3,(H,13,14). The van der Waals surface area contributed by atoms with Gasteiger partial charge in [0.05, 0.1) is 19.6 Å². The second-order valence-electron chi connectivity index (χ2n) is 3.12. The van der Waals surface area contributed by atoms with Gasteiger partial charge in [-0.05, 0) is 6.92 Å². The number of methoxy groups -OCH3 is 1. The third kappa shape index (κ3) is 2.47. The van der Waals surface area contributed by atoms with Gasteiger partial charge in [-0.15, -0.1) is 0 Å². The number of hydrogen-bond acceptors (Lipinski definition) is 5. The number of aromatic carboxylic acids is 1. The van der Waals surface area contributed by atoms with Crippen molar-refractivity contribution in [2.45, 2.75) is 13.3 Å². The minimum atomic E-state index is -1.31. The molecule has 16 heavy (non-hydrogen) atoms. The van der Waals surface area contributed by atoms with Crippen LogP contribution in [0.2, 0.25) is 0 Å². The first-order valence-corrected chi connectivity index (χ1v) is 4.39. The van der Waals surface area contributed by atoms with Gasteiger partial charge in [-0.2, -0.15) is 0 Å². The van der Waals surface area contributed by atoms with Crippen LogP contribution in [-0.4, -0.2) is 24.0 Å². The lowest BCUT2D eigenvalue weighted by atomic mass is 10.1. The molecular weight excluding hydrogens is 216 g/mol. The first-order chi connectivity index (χ1) is 7.45. The van der Waals surface area contributed by atoms with Gasteiger partial charge in [-0.1, -0.05) is 0 Å². The fourth-order valence-electron chi connectivity index (χ4n) is 1.25. The van der Waals surface area contributed by atoms with Crippen LogP contribution < -0.4 is 10.4 Å². The summed E-state index contributed by atoms with van der Waals surface area (Å²) in [5.41, 5.74) is -1.05. The van der Waals surface area contributed by atoms with E-state index in [1.165, 1.54) is 14.0 Å². The van der Waals surface area contributed by atoms with Crippen LogP contribution in [0.1, 0.15) is 23.0 Å². The van der Waals surface area contributed by atoms with Crippen molar-refractivity contribution in [3.8, 4) is 5.75 Å². The highest BCUT2D eigenvalue weighted by molar-refractivity contribution is 5.93. The topological polar surface area (TPSA) is 93.8 Å². The zero-order valence-corrected chi connectivity index (χ0v) is 8.77. The summed E-state index contributed by atoms with van der Waals surface area (Å²) < 4.78 is 9.44.